The van der Waals surface area contributed by atoms with E-state index in [1.165, 1.54) is 88.7 Å². The molecular weight excluding hydrogens is 895 g/mol. The van der Waals surface area contributed by atoms with E-state index in [-0.39, 0.29) is 5.41 Å². The number of hydrogen-bond acceptors (Lipinski definition) is 2. The largest absolute Gasteiger partial charge is 0.453 e. The summed E-state index contributed by atoms with van der Waals surface area (Å²) in [4.78, 5) is 2.50. The molecule has 0 unspecified atom stereocenters. The molecule has 3 aliphatic carbocycles. The molecule has 13 aromatic rings. The molecule has 1 aromatic heterocycles. The van der Waals surface area contributed by atoms with Crippen molar-refractivity contribution < 1.29 is 4.42 Å². The first kappa shape index (κ1) is 41.4. The second-order valence-corrected chi connectivity index (χ2v) is 21.1. The summed E-state index contributed by atoms with van der Waals surface area (Å²) < 4.78 is 7.40. The van der Waals surface area contributed by atoms with Gasteiger partial charge in [0.1, 0.15) is 5.58 Å². The molecular formula is C72H47NO. The highest BCUT2D eigenvalue weighted by Crippen LogP contribution is 2.64. The maximum atomic E-state index is 7.40. The molecule has 346 valence electrons. The van der Waals surface area contributed by atoms with E-state index in [1.54, 1.807) is 0 Å². The van der Waals surface area contributed by atoms with Crippen molar-refractivity contribution in [2.45, 2.75) is 24.7 Å². The zero-order valence-corrected chi connectivity index (χ0v) is 41.0. The van der Waals surface area contributed by atoms with E-state index in [4.69, 9.17) is 4.42 Å². The summed E-state index contributed by atoms with van der Waals surface area (Å²) in [5, 5.41) is 6.94. The smallest absolute Gasteiger partial charge is 0.159 e. The number of furan rings is 1. The van der Waals surface area contributed by atoms with Crippen LogP contribution in [-0.4, -0.2) is 0 Å². The molecule has 0 bridgehead atoms. The molecule has 0 saturated carbocycles. The van der Waals surface area contributed by atoms with Gasteiger partial charge in [-0.3, -0.25) is 0 Å². The van der Waals surface area contributed by atoms with Crippen LogP contribution in [0.5, 0.6) is 0 Å². The predicted octanol–water partition coefficient (Wildman–Crippen LogP) is 19.3. The van der Waals surface area contributed by atoms with Crippen LogP contribution in [0.25, 0.3) is 99.1 Å². The average molecular weight is 942 g/mol. The highest BCUT2D eigenvalue weighted by molar-refractivity contribution is 6.19. The van der Waals surface area contributed by atoms with Gasteiger partial charge in [-0.15, -0.1) is 0 Å². The maximum Gasteiger partial charge on any atom is 0.159 e. The van der Waals surface area contributed by atoms with E-state index in [0.29, 0.717) is 0 Å². The van der Waals surface area contributed by atoms with Gasteiger partial charge in [0.15, 0.2) is 5.58 Å². The predicted molar refractivity (Wildman–Crippen MR) is 308 cm³/mol. The van der Waals surface area contributed by atoms with Gasteiger partial charge in [0.2, 0.25) is 0 Å². The monoisotopic (exact) mass is 941 g/mol. The van der Waals surface area contributed by atoms with Gasteiger partial charge in [-0.1, -0.05) is 220 Å². The molecule has 12 aromatic carbocycles. The Morgan fingerprint density at radius 1 is 0.297 bits per heavy atom. The second kappa shape index (κ2) is 15.1. The fourth-order valence-electron chi connectivity index (χ4n) is 13.7. The SMILES string of the molecule is CC1(C)c2ccccc2-c2ccc(N(c3ccc4c(c3)C3(c5ccccc5-c5ccccc53)c3ccccc3-4)c3cc(-c4ccc(-c5cccc6ccccc56)cc4)cc4c3oc3c5ccccc5ccc43)cc21. The van der Waals surface area contributed by atoms with Crippen molar-refractivity contribution in [3.63, 3.8) is 0 Å². The van der Waals surface area contributed by atoms with Gasteiger partial charge in [-0.25, -0.2) is 0 Å². The third-order valence-electron chi connectivity index (χ3n) is 17.1. The number of rotatable bonds is 5. The topological polar surface area (TPSA) is 16.4 Å². The molecule has 74 heavy (non-hydrogen) atoms. The molecule has 1 spiro atoms. The van der Waals surface area contributed by atoms with Crippen molar-refractivity contribution in [1.82, 2.24) is 0 Å². The van der Waals surface area contributed by atoms with Gasteiger partial charge in [-0.2, -0.15) is 0 Å². The van der Waals surface area contributed by atoms with Gasteiger partial charge in [0, 0.05) is 32.9 Å². The van der Waals surface area contributed by atoms with Gasteiger partial charge in [-0.05, 0) is 148 Å². The summed E-state index contributed by atoms with van der Waals surface area (Å²) in [6.07, 6.45) is 0. The molecule has 0 N–H and O–H groups in total. The van der Waals surface area contributed by atoms with Crippen molar-refractivity contribution in [2.24, 2.45) is 0 Å². The lowest BCUT2D eigenvalue weighted by molar-refractivity contribution is 0.660. The highest BCUT2D eigenvalue weighted by atomic mass is 16.3. The van der Waals surface area contributed by atoms with E-state index >= 15 is 0 Å². The Morgan fingerprint density at radius 3 is 1.45 bits per heavy atom. The molecule has 0 aliphatic heterocycles. The van der Waals surface area contributed by atoms with Crippen molar-refractivity contribution >= 4 is 60.5 Å². The van der Waals surface area contributed by atoms with Gasteiger partial charge in [0.25, 0.3) is 0 Å². The van der Waals surface area contributed by atoms with Crippen LogP contribution in [-0.2, 0) is 10.8 Å². The van der Waals surface area contributed by atoms with Gasteiger partial charge in [0.05, 0.1) is 11.1 Å². The summed E-state index contributed by atoms with van der Waals surface area (Å²) in [7, 11) is 0. The van der Waals surface area contributed by atoms with Gasteiger partial charge >= 0.3 is 0 Å². The van der Waals surface area contributed by atoms with Crippen LogP contribution in [0.3, 0.4) is 0 Å². The van der Waals surface area contributed by atoms with Crippen LogP contribution in [0, 0.1) is 0 Å². The standard InChI is InChI=1S/C72H47NO/c1-71(2)62-26-11-7-21-54(62)58-38-35-49(42-66(58)71)73(50-36-39-59-57-24-10-14-29-65(57)72(67(59)43-50)63-27-12-8-22-55(63)56-23-9-13-28-64(56)72)68-41-48(40-61-60-37-34-46-17-4-6-20-53(46)69(60)74-70(61)68)44-30-32-47(33-31-44)52-25-15-18-45-16-3-5-19-51(45)52/h3-43H,1-2H3. The Kier molecular flexibility index (Phi) is 8.47. The van der Waals surface area contributed by atoms with E-state index in [2.05, 4.69) is 267 Å². The average Bonchev–Trinajstić information content (AvgIpc) is 4.21. The molecule has 0 atom stereocenters. The number of benzene rings is 12. The van der Waals surface area contributed by atoms with E-state index in [9.17, 15) is 0 Å². The maximum absolute atomic E-state index is 7.40. The molecule has 0 radical (unpaired) electrons. The Morgan fingerprint density at radius 2 is 0.784 bits per heavy atom. The summed E-state index contributed by atoms with van der Waals surface area (Å²) in [6, 6.07) is 92.9. The van der Waals surface area contributed by atoms with Crippen LogP contribution < -0.4 is 4.90 Å². The third kappa shape index (κ3) is 5.55. The lowest BCUT2D eigenvalue weighted by Crippen LogP contribution is -2.26. The fraction of sp³-hybridized carbons (Fsp3) is 0.0556. The summed E-state index contributed by atoms with van der Waals surface area (Å²) in [6.45, 7) is 4.75. The summed E-state index contributed by atoms with van der Waals surface area (Å²) in [5.74, 6) is 0. The van der Waals surface area contributed by atoms with Crippen LogP contribution >= 0.6 is 0 Å². The van der Waals surface area contributed by atoms with Crippen LogP contribution in [0.4, 0.5) is 17.1 Å². The fourth-order valence-corrected chi connectivity index (χ4v) is 13.7. The summed E-state index contributed by atoms with van der Waals surface area (Å²) >= 11 is 0. The minimum atomic E-state index is -0.510. The zero-order chi connectivity index (χ0) is 48.9. The minimum Gasteiger partial charge on any atom is -0.453 e. The van der Waals surface area contributed by atoms with Crippen molar-refractivity contribution in [2.75, 3.05) is 4.90 Å². The zero-order valence-electron chi connectivity index (χ0n) is 41.0. The van der Waals surface area contributed by atoms with E-state index < -0.39 is 5.41 Å². The lowest BCUT2D eigenvalue weighted by Gasteiger charge is -2.32. The highest BCUT2D eigenvalue weighted by Gasteiger charge is 2.51. The number of hydrogen-bond donors (Lipinski definition) is 0. The molecule has 0 saturated heterocycles. The normalized spacial score (nSPS) is 14.0. The minimum absolute atomic E-state index is 0.213. The molecule has 0 fully saturated rings. The Hall–Kier alpha value is -9.24. The number of anilines is 3. The Bertz CT molecular complexity index is 4460. The molecule has 0 amide bonds. The first-order chi connectivity index (χ1) is 36.4. The van der Waals surface area contributed by atoms with Crippen LogP contribution in [0.1, 0.15) is 47.2 Å². The quantitative estimate of drug-likeness (QED) is 0.171. The molecule has 16 rings (SSSR count). The first-order valence-electron chi connectivity index (χ1n) is 25.9. The van der Waals surface area contributed by atoms with Crippen molar-refractivity contribution in [3.05, 3.63) is 282 Å². The van der Waals surface area contributed by atoms with Gasteiger partial charge < -0.3 is 9.32 Å². The van der Waals surface area contributed by atoms with Crippen LogP contribution in [0.2, 0.25) is 0 Å². The molecule has 3 aliphatic rings. The van der Waals surface area contributed by atoms with Crippen LogP contribution in [0.15, 0.2) is 253 Å². The second-order valence-electron chi connectivity index (χ2n) is 21.1. The Balaban J connectivity index is 0.982. The lowest BCUT2D eigenvalue weighted by atomic mass is 9.70. The third-order valence-corrected chi connectivity index (χ3v) is 17.1. The summed E-state index contributed by atoms with van der Waals surface area (Å²) in [5.41, 5.74) is 24.5. The Labute approximate surface area is 430 Å². The first-order valence-corrected chi connectivity index (χ1v) is 25.9. The van der Waals surface area contributed by atoms with E-state index in [1.807, 2.05) is 0 Å². The number of fused-ring (bicyclic) bond motifs is 19. The van der Waals surface area contributed by atoms with E-state index in [0.717, 1.165) is 60.9 Å². The van der Waals surface area contributed by atoms with Crippen molar-refractivity contribution in [3.8, 4) is 55.6 Å². The van der Waals surface area contributed by atoms with Crippen molar-refractivity contribution in [1.29, 1.82) is 0 Å². The molecule has 2 nitrogen and oxygen atoms in total. The molecule has 2 heteroatoms. The molecule has 1 heterocycles. The number of nitrogens with zero attached hydrogens (tertiary/aromatic N) is 1.